The maximum atomic E-state index is 12.8. The number of nitrogens with zero attached hydrogens (tertiary/aromatic N) is 2. The third-order valence-corrected chi connectivity index (χ3v) is 4.69. The minimum absolute atomic E-state index is 0.0245. The van der Waals surface area contributed by atoms with E-state index in [0.717, 1.165) is 11.4 Å². The highest BCUT2D eigenvalue weighted by Crippen LogP contribution is 2.27. The normalized spacial score (nSPS) is 22.1. The van der Waals surface area contributed by atoms with Crippen LogP contribution in [-0.2, 0) is 0 Å². The highest BCUT2D eigenvalue weighted by molar-refractivity contribution is 7.98. The second kappa shape index (κ2) is 7.01. The second-order valence-electron chi connectivity index (χ2n) is 5.61. The number of aliphatic hydroxyl groups excluding tert-OH is 1. The first kappa shape index (κ1) is 16.6. The number of hydrogen-bond acceptors (Lipinski definition) is 4. The molecule has 1 aromatic carbocycles. The molecule has 0 aromatic heterocycles. The first-order chi connectivity index (χ1) is 9.92. The third-order valence-electron chi connectivity index (χ3n) is 3.63. The molecule has 1 aliphatic heterocycles. The van der Waals surface area contributed by atoms with Crippen LogP contribution in [0.2, 0.25) is 5.02 Å². The first-order valence-electron chi connectivity index (χ1n) is 6.89. The maximum absolute atomic E-state index is 12.8. The molecule has 1 fully saturated rings. The number of rotatable bonds is 4. The number of benzene rings is 1. The fourth-order valence-corrected chi connectivity index (χ4v) is 3.32. The van der Waals surface area contributed by atoms with E-state index in [0.29, 0.717) is 23.6 Å². The van der Waals surface area contributed by atoms with Gasteiger partial charge in [-0.15, -0.1) is 11.8 Å². The van der Waals surface area contributed by atoms with Gasteiger partial charge in [0.25, 0.3) is 5.91 Å². The van der Waals surface area contributed by atoms with Gasteiger partial charge in [-0.3, -0.25) is 4.79 Å². The first-order valence-corrected chi connectivity index (χ1v) is 8.50. The second-order valence-corrected chi connectivity index (χ2v) is 6.90. The smallest absolute Gasteiger partial charge is 0.255 e. The summed E-state index contributed by atoms with van der Waals surface area (Å²) in [5.41, 5.74) is 0.515. The number of halogens is 1. The molecule has 0 spiro atoms. The molecule has 0 bridgehead atoms. The molecule has 0 aliphatic carbocycles. The van der Waals surface area contributed by atoms with E-state index in [1.807, 2.05) is 37.4 Å². The van der Waals surface area contributed by atoms with E-state index < -0.39 is 6.10 Å². The zero-order valence-corrected chi connectivity index (χ0v) is 14.1. The molecule has 1 heterocycles. The maximum Gasteiger partial charge on any atom is 0.255 e. The van der Waals surface area contributed by atoms with Gasteiger partial charge in [-0.1, -0.05) is 11.6 Å². The Bertz CT molecular complexity index is 524. The molecule has 4 nitrogen and oxygen atoms in total. The van der Waals surface area contributed by atoms with Crippen molar-refractivity contribution in [2.24, 2.45) is 0 Å². The molecule has 1 aliphatic rings. The van der Waals surface area contributed by atoms with Crippen LogP contribution in [0.1, 0.15) is 16.8 Å². The quantitative estimate of drug-likeness (QED) is 0.861. The minimum Gasteiger partial charge on any atom is -0.391 e. The van der Waals surface area contributed by atoms with Crippen LogP contribution in [0.5, 0.6) is 0 Å². The van der Waals surface area contributed by atoms with Crippen molar-refractivity contribution in [2.45, 2.75) is 23.5 Å². The van der Waals surface area contributed by atoms with Crippen LogP contribution < -0.4 is 0 Å². The summed E-state index contributed by atoms with van der Waals surface area (Å²) < 4.78 is 0. The number of likely N-dealkylation sites (N-methyl/N-ethyl adjacent to an activating group) is 1. The molecule has 2 unspecified atom stereocenters. The van der Waals surface area contributed by atoms with Crippen molar-refractivity contribution in [1.82, 2.24) is 9.80 Å². The average Bonchev–Trinajstić information content (AvgIpc) is 2.78. The predicted octanol–water partition coefficient (Wildman–Crippen LogP) is 2.20. The highest BCUT2D eigenvalue weighted by atomic mass is 35.5. The van der Waals surface area contributed by atoms with Crippen LogP contribution in [-0.4, -0.2) is 66.4 Å². The van der Waals surface area contributed by atoms with Crippen molar-refractivity contribution < 1.29 is 9.90 Å². The molecule has 2 atom stereocenters. The summed E-state index contributed by atoms with van der Waals surface area (Å²) in [6.07, 6.45) is 2.12. The number of aliphatic hydroxyl groups is 1. The van der Waals surface area contributed by atoms with Crippen LogP contribution in [0.4, 0.5) is 0 Å². The van der Waals surface area contributed by atoms with Crippen LogP contribution in [0, 0.1) is 0 Å². The molecule has 1 N–H and O–H groups in total. The molecule has 116 valence electrons. The van der Waals surface area contributed by atoms with Gasteiger partial charge in [0.05, 0.1) is 16.7 Å². The molecule has 1 amide bonds. The van der Waals surface area contributed by atoms with Gasteiger partial charge in [-0.25, -0.2) is 0 Å². The van der Waals surface area contributed by atoms with E-state index in [-0.39, 0.29) is 11.9 Å². The Balaban J connectivity index is 2.25. The van der Waals surface area contributed by atoms with E-state index in [4.69, 9.17) is 11.6 Å². The van der Waals surface area contributed by atoms with E-state index >= 15 is 0 Å². The molecule has 21 heavy (non-hydrogen) atoms. The monoisotopic (exact) mass is 328 g/mol. The minimum atomic E-state index is -0.457. The van der Waals surface area contributed by atoms with Gasteiger partial charge in [-0.05, 0) is 45.0 Å². The largest absolute Gasteiger partial charge is 0.391 e. The summed E-state index contributed by atoms with van der Waals surface area (Å²) in [6, 6.07) is 5.51. The van der Waals surface area contributed by atoms with Crippen molar-refractivity contribution in [1.29, 1.82) is 0 Å². The number of carbonyl (C=O) groups is 1. The van der Waals surface area contributed by atoms with E-state index in [1.54, 1.807) is 22.7 Å². The Labute approximate surface area is 135 Å². The standard InChI is InChI=1S/C15H21ClN2O2S/c1-17(2)8-10-6-11(19)9-18(10)15(20)13-7-12(21-3)4-5-14(13)16/h4-5,7,10-11,19H,6,8-9H2,1-3H3. The Kier molecular flexibility index (Phi) is 5.54. The number of carbonyl (C=O) groups excluding carboxylic acids is 1. The van der Waals surface area contributed by atoms with Gasteiger partial charge >= 0.3 is 0 Å². The SMILES string of the molecule is CSc1ccc(Cl)c(C(=O)N2CC(O)CC2CN(C)C)c1. The van der Waals surface area contributed by atoms with Crippen molar-refractivity contribution in [3.05, 3.63) is 28.8 Å². The van der Waals surface area contributed by atoms with Crippen LogP contribution >= 0.6 is 23.4 Å². The van der Waals surface area contributed by atoms with Crippen LogP contribution in [0.3, 0.4) is 0 Å². The zero-order chi connectivity index (χ0) is 15.6. The number of likely N-dealkylation sites (tertiary alicyclic amines) is 1. The van der Waals surface area contributed by atoms with Gasteiger partial charge in [0.1, 0.15) is 0 Å². The third kappa shape index (κ3) is 3.92. The van der Waals surface area contributed by atoms with E-state index in [9.17, 15) is 9.90 Å². The Morgan fingerprint density at radius 3 is 2.86 bits per heavy atom. The number of amides is 1. The molecular formula is C15H21ClN2O2S. The molecule has 1 saturated heterocycles. The molecular weight excluding hydrogens is 308 g/mol. The molecule has 0 radical (unpaired) electrons. The van der Waals surface area contributed by atoms with Crippen molar-refractivity contribution in [2.75, 3.05) is 33.4 Å². The lowest BCUT2D eigenvalue weighted by Gasteiger charge is -2.27. The zero-order valence-electron chi connectivity index (χ0n) is 12.5. The van der Waals surface area contributed by atoms with Gasteiger partial charge in [0, 0.05) is 24.0 Å². The summed E-state index contributed by atoms with van der Waals surface area (Å²) in [6.45, 7) is 1.11. The summed E-state index contributed by atoms with van der Waals surface area (Å²) in [5, 5.41) is 10.4. The van der Waals surface area contributed by atoms with E-state index in [1.165, 1.54) is 0 Å². The Hall–Kier alpha value is -0.750. The summed E-state index contributed by atoms with van der Waals surface area (Å²) in [4.78, 5) is 17.6. The number of thioether (sulfide) groups is 1. The van der Waals surface area contributed by atoms with Gasteiger partial charge in [-0.2, -0.15) is 0 Å². The summed E-state index contributed by atoms with van der Waals surface area (Å²) in [5.74, 6) is -0.0979. The topological polar surface area (TPSA) is 43.8 Å². The summed E-state index contributed by atoms with van der Waals surface area (Å²) in [7, 11) is 3.93. The molecule has 2 rings (SSSR count). The predicted molar refractivity (Wildman–Crippen MR) is 87.2 cm³/mol. The van der Waals surface area contributed by atoms with Gasteiger partial charge in [0.15, 0.2) is 0 Å². The molecule has 0 saturated carbocycles. The van der Waals surface area contributed by atoms with E-state index in [2.05, 4.69) is 0 Å². The highest BCUT2D eigenvalue weighted by Gasteiger charge is 2.35. The lowest BCUT2D eigenvalue weighted by atomic mass is 10.1. The summed E-state index contributed by atoms with van der Waals surface area (Å²) >= 11 is 7.76. The molecule has 6 heteroatoms. The Morgan fingerprint density at radius 2 is 2.24 bits per heavy atom. The fourth-order valence-electron chi connectivity index (χ4n) is 2.69. The molecule has 1 aromatic rings. The fraction of sp³-hybridized carbons (Fsp3) is 0.533. The average molecular weight is 329 g/mol. The van der Waals surface area contributed by atoms with Crippen molar-refractivity contribution in [3.63, 3.8) is 0 Å². The van der Waals surface area contributed by atoms with Gasteiger partial charge in [0.2, 0.25) is 0 Å². The van der Waals surface area contributed by atoms with Crippen molar-refractivity contribution in [3.8, 4) is 0 Å². The number of β-amino-alcohol motifs (C(OH)–C–C–N with tert-alkyl or cyclic N) is 1. The number of hydrogen-bond donors (Lipinski definition) is 1. The lowest BCUT2D eigenvalue weighted by Crippen LogP contribution is -2.41. The van der Waals surface area contributed by atoms with Crippen LogP contribution in [0.25, 0.3) is 0 Å². The van der Waals surface area contributed by atoms with Crippen molar-refractivity contribution >= 4 is 29.3 Å². The van der Waals surface area contributed by atoms with Crippen LogP contribution in [0.15, 0.2) is 23.1 Å². The lowest BCUT2D eigenvalue weighted by molar-refractivity contribution is 0.0699. The van der Waals surface area contributed by atoms with Gasteiger partial charge < -0.3 is 14.9 Å². The Morgan fingerprint density at radius 1 is 1.52 bits per heavy atom.